The van der Waals surface area contributed by atoms with Gasteiger partial charge >= 0.3 is 0 Å². The Morgan fingerprint density at radius 1 is 1.19 bits per heavy atom. The van der Waals surface area contributed by atoms with Gasteiger partial charge in [0.1, 0.15) is 0 Å². The minimum absolute atomic E-state index is 0.0416. The van der Waals surface area contributed by atoms with E-state index in [0.29, 0.717) is 0 Å². The Balaban J connectivity index is 2.34. The molecule has 0 amide bonds. The Morgan fingerprint density at radius 2 is 1.90 bits per heavy atom. The smallest absolute Gasteiger partial charge is 0.279 e. The lowest BCUT2D eigenvalue weighted by molar-refractivity contribution is 0.598. The number of H-pyrrole nitrogens is 1. The average Bonchev–Trinajstić information content (AvgIpc) is 2.85. The van der Waals surface area contributed by atoms with E-state index in [9.17, 15) is 16.8 Å². The minimum atomic E-state index is -3.88. The van der Waals surface area contributed by atoms with Gasteiger partial charge < -0.3 is 4.98 Å². The van der Waals surface area contributed by atoms with E-state index >= 15 is 0 Å². The van der Waals surface area contributed by atoms with E-state index in [0.717, 1.165) is 12.5 Å². The quantitative estimate of drug-likeness (QED) is 0.749. The lowest BCUT2D eigenvalue weighted by Crippen LogP contribution is -2.14. The molecule has 2 rings (SSSR count). The van der Waals surface area contributed by atoms with Gasteiger partial charge in [0.15, 0.2) is 5.03 Å². The van der Waals surface area contributed by atoms with Crippen LogP contribution in [0, 0.1) is 0 Å². The van der Waals surface area contributed by atoms with Crippen LogP contribution in [-0.4, -0.2) is 33.1 Å². The zero-order valence-corrected chi connectivity index (χ0v) is 13.1. The predicted octanol–water partition coefficient (Wildman–Crippen LogP) is 1.24. The van der Waals surface area contributed by atoms with Gasteiger partial charge in [0, 0.05) is 0 Å². The normalized spacial score (nSPS) is 12.1. The maximum Gasteiger partial charge on any atom is 0.279 e. The van der Waals surface area contributed by atoms with Crippen molar-refractivity contribution in [2.75, 3.05) is 15.7 Å². The van der Waals surface area contributed by atoms with Crippen LogP contribution in [-0.2, 0) is 20.0 Å². The first kappa shape index (κ1) is 15.6. The molecule has 0 aliphatic heterocycles. The first-order valence-electron chi connectivity index (χ1n) is 5.46. The Labute approximate surface area is 126 Å². The van der Waals surface area contributed by atoms with Crippen LogP contribution >= 0.6 is 11.6 Å². The highest BCUT2D eigenvalue weighted by Crippen LogP contribution is 2.27. The van der Waals surface area contributed by atoms with Crippen molar-refractivity contribution in [2.45, 2.75) is 5.03 Å². The number of nitrogens with one attached hydrogen (secondary N) is 3. The second kappa shape index (κ2) is 5.54. The third-order valence-electron chi connectivity index (χ3n) is 2.28. The Bertz CT molecular complexity index is 847. The summed E-state index contributed by atoms with van der Waals surface area (Å²) in [7, 11) is -7.36. The second-order valence-electron chi connectivity index (χ2n) is 4.09. The van der Waals surface area contributed by atoms with E-state index in [1.54, 1.807) is 0 Å². The Morgan fingerprint density at radius 3 is 2.48 bits per heavy atom. The number of hydrogen-bond acceptors (Lipinski definition) is 5. The molecule has 0 fully saturated rings. The molecule has 114 valence electrons. The van der Waals surface area contributed by atoms with Crippen LogP contribution in [0.3, 0.4) is 0 Å². The largest absolute Gasteiger partial charge is 0.334 e. The van der Waals surface area contributed by atoms with Crippen LogP contribution < -0.4 is 9.44 Å². The molecular weight excluding hydrogens is 340 g/mol. The fourth-order valence-electron chi connectivity index (χ4n) is 1.47. The molecule has 1 aromatic carbocycles. The maximum atomic E-state index is 12.0. The van der Waals surface area contributed by atoms with Gasteiger partial charge in [0.25, 0.3) is 10.0 Å². The summed E-state index contributed by atoms with van der Waals surface area (Å²) in [5, 5.41) is -0.0165. The number of benzene rings is 1. The van der Waals surface area contributed by atoms with Crippen LogP contribution in [0.2, 0.25) is 5.02 Å². The number of hydrogen-bond donors (Lipinski definition) is 3. The van der Waals surface area contributed by atoms with E-state index in [2.05, 4.69) is 19.4 Å². The van der Waals surface area contributed by atoms with Crippen LogP contribution in [0.1, 0.15) is 0 Å². The van der Waals surface area contributed by atoms with Crippen molar-refractivity contribution >= 4 is 43.0 Å². The summed E-state index contributed by atoms with van der Waals surface area (Å²) in [5.41, 5.74) is 0.226. The number of nitrogens with zero attached hydrogens (tertiary/aromatic N) is 1. The van der Waals surface area contributed by atoms with Crippen molar-refractivity contribution < 1.29 is 16.8 Å². The molecule has 0 atom stereocenters. The minimum Gasteiger partial charge on any atom is -0.334 e. The number of aromatic nitrogens is 2. The molecule has 1 aromatic heterocycles. The Kier molecular flexibility index (Phi) is 4.12. The van der Waals surface area contributed by atoms with Crippen molar-refractivity contribution in [1.29, 1.82) is 0 Å². The molecule has 21 heavy (non-hydrogen) atoms. The van der Waals surface area contributed by atoms with Crippen molar-refractivity contribution in [2.24, 2.45) is 0 Å². The van der Waals surface area contributed by atoms with E-state index in [4.69, 9.17) is 11.6 Å². The molecule has 0 aliphatic carbocycles. The zero-order chi connectivity index (χ0) is 15.7. The van der Waals surface area contributed by atoms with Gasteiger partial charge in [-0.05, 0) is 18.2 Å². The SMILES string of the molecule is CS(=O)(=O)Nc1ccc(Cl)c(NS(=O)(=O)c2cnc[nH]2)c1. The predicted molar refractivity (Wildman–Crippen MR) is 79.3 cm³/mol. The lowest BCUT2D eigenvalue weighted by atomic mass is 10.3. The summed E-state index contributed by atoms with van der Waals surface area (Å²) in [6.07, 6.45) is 3.34. The number of sulfonamides is 2. The highest BCUT2D eigenvalue weighted by atomic mass is 35.5. The summed E-state index contributed by atoms with van der Waals surface area (Å²) in [6, 6.07) is 4.06. The molecule has 3 N–H and O–H groups in total. The number of aromatic amines is 1. The van der Waals surface area contributed by atoms with Crippen molar-refractivity contribution in [1.82, 2.24) is 9.97 Å². The van der Waals surface area contributed by atoms with E-state index in [1.807, 2.05) is 0 Å². The number of rotatable bonds is 5. The second-order valence-corrected chi connectivity index (χ2v) is 7.90. The topological polar surface area (TPSA) is 121 Å². The van der Waals surface area contributed by atoms with E-state index < -0.39 is 20.0 Å². The number of anilines is 2. The Hall–Kier alpha value is -1.78. The molecule has 0 unspecified atom stereocenters. The fourth-order valence-corrected chi connectivity index (χ4v) is 3.22. The highest BCUT2D eigenvalue weighted by molar-refractivity contribution is 7.92. The molecule has 8 nitrogen and oxygen atoms in total. The number of imidazole rings is 1. The van der Waals surface area contributed by atoms with Crippen LogP contribution in [0.25, 0.3) is 0 Å². The van der Waals surface area contributed by atoms with Crippen LogP contribution in [0.15, 0.2) is 35.7 Å². The maximum absolute atomic E-state index is 12.0. The van der Waals surface area contributed by atoms with E-state index in [1.165, 1.54) is 24.5 Å². The van der Waals surface area contributed by atoms with Gasteiger partial charge in [-0.15, -0.1) is 0 Å². The molecule has 11 heteroatoms. The monoisotopic (exact) mass is 350 g/mol. The first-order chi connectivity index (χ1) is 9.67. The third-order valence-corrected chi connectivity index (χ3v) is 4.50. The molecule has 1 heterocycles. The molecule has 0 spiro atoms. The van der Waals surface area contributed by atoms with Gasteiger partial charge in [0.05, 0.1) is 35.2 Å². The van der Waals surface area contributed by atoms with Gasteiger partial charge in [-0.2, -0.15) is 8.42 Å². The summed E-state index contributed by atoms with van der Waals surface area (Å²) >= 11 is 5.90. The van der Waals surface area contributed by atoms with Gasteiger partial charge in [0.2, 0.25) is 10.0 Å². The van der Waals surface area contributed by atoms with Crippen LogP contribution in [0.4, 0.5) is 11.4 Å². The van der Waals surface area contributed by atoms with E-state index in [-0.39, 0.29) is 21.4 Å². The summed E-state index contributed by atoms with van der Waals surface area (Å²) in [4.78, 5) is 6.07. The van der Waals surface area contributed by atoms with Gasteiger partial charge in [-0.3, -0.25) is 9.44 Å². The number of halogens is 1. The third kappa shape index (κ3) is 4.09. The molecule has 0 bridgehead atoms. The zero-order valence-electron chi connectivity index (χ0n) is 10.7. The summed E-state index contributed by atoms with van der Waals surface area (Å²) < 4.78 is 50.9. The van der Waals surface area contributed by atoms with Gasteiger partial charge in [-0.25, -0.2) is 13.4 Å². The standard InChI is InChI=1S/C10H11ClN4O4S2/c1-20(16,17)14-7-2-3-8(11)9(4-7)15-21(18,19)10-5-12-6-13-10/h2-6,14-15H,1H3,(H,12,13). The van der Waals surface area contributed by atoms with Crippen molar-refractivity contribution in [3.8, 4) is 0 Å². The highest BCUT2D eigenvalue weighted by Gasteiger charge is 2.17. The van der Waals surface area contributed by atoms with Gasteiger partial charge in [-0.1, -0.05) is 11.6 Å². The molecule has 0 saturated heterocycles. The molecule has 2 aromatic rings. The van der Waals surface area contributed by atoms with Crippen molar-refractivity contribution in [3.05, 3.63) is 35.7 Å². The average molecular weight is 351 g/mol. The fraction of sp³-hybridized carbons (Fsp3) is 0.100. The lowest BCUT2D eigenvalue weighted by Gasteiger charge is -2.10. The first-order valence-corrected chi connectivity index (χ1v) is 9.21. The molecule has 0 saturated carbocycles. The summed E-state index contributed by atoms with van der Waals surface area (Å²) in [5.74, 6) is 0. The molecular formula is C10H11ClN4O4S2. The van der Waals surface area contributed by atoms with Crippen molar-refractivity contribution in [3.63, 3.8) is 0 Å². The van der Waals surface area contributed by atoms with Crippen LogP contribution in [0.5, 0.6) is 0 Å². The summed E-state index contributed by atoms with van der Waals surface area (Å²) in [6.45, 7) is 0. The molecule has 0 aliphatic rings. The molecule has 0 radical (unpaired) electrons.